The first-order valence-corrected chi connectivity index (χ1v) is 8.65. The van der Waals surface area contributed by atoms with E-state index in [9.17, 15) is 13.2 Å². The van der Waals surface area contributed by atoms with Crippen LogP contribution < -0.4 is 5.32 Å². The van der Waals surface area contributed by atoms with E-state index in [4.69, 9.17) is 4.74 Å². The lowest BCUT2D eigenvalue weighted by Gasteiger charge is -2.28. The van der Waals surface area contributed by atoms with Gasteiger partial charge in [0.05, 0.1) is 6.26 Å². The van der Waals surface area contributed by atoms with Crippen molar-refractivity contribution in [2.24, 2.45) is 11.8 Å². The SMILES string of the molecule is COC(C)(C)C(=O)N[C@@H]1CN(S(C)(=O)=O)C[C@H]1C(C)C. The second-order valence-corrected chi connectivity index (χ2v) is 8.26. The maximum absolute atomic E-state index is 12.2. The predicted molar refractivity (Wildman–Crippen MR) is 77.8 cm³/mol. The standard InChI is InChI=1S/C13H26N2O4S/c1-9(2)10-7-15(20(6,17)18)8-11(10)14-12(16)13(3,4)19-5/h9-11H,7-8H2,1-6H3,(H,14,16)/t10-,11+/m0/s1. The van der Waals surface area contributed by atoms with Crippen LogP contribution in [0.25, 0.3) is 0 Å². The number of rotatable bonds is 5. The van der Waals surface area contributed by atoms with E-state index in [1.807, 2.05) is 13.8 Å². The fourth-order valence-electron chi connectivity index (χ4n) is 2.33. The van der Waals surface area contributed by atoms with Crippen molar-refractivity contribution in [3.05, 3.63) is 0 Å². The van der Waals surface area contributed by atoms with Crippen molar-refractivity contribution in [1.82, 2.24) is 9.62 Å². The minimum Gasteiger partial charge on any atom is -0.369 e. The van der Waals surface area contributed by atoms with Crippen molar-refractivity contribution in [2.45, 2.75) is 39.3 Å². The van der Waals surface area contributed by atoms with Gasteiger partial charge in [-0.3, -0.25) is 4.79 Å². The van der Waals surface area contributed by atoms with Gasteiger partial charge in [0.2, 0.25) is 10.0 Å². The molecule has 7 heteroatoms. The summed E-state index contributed by atoms with van der Waals surface area (Å²) in [4.78, 5) is 12.2. The Bertz CT molecular complexity index is 459. The molecule has 0 aliphatic carbocycles. The molecule has 118 valence electrons. The zero-order chi connectivity index (χ0) is 15.7. The van der Waals surface area contributed by atoms with Crippen molar-refractivity contribution in [3.63, 3.8) is 0 Å². The van der Waals surface area contributed by atoms with E-state index >= 15 is 0 Å². The molecule has 0 bridgehead atoms. The number of methoxy groups -OCH3 is 1. The predicted octanol–water partition coefficient (Wildman–Crippen LogP) is 0.444. The smallest absolute Gasteiger partial charge is 0.251 e. The van der Waals surface area contributed by atoms with Crippen LogP contribution in [0, 0.1) is 11.8 Å². The molecule has 6 nitrogen and oxygen atoms in total. The van der Waals surface area contributed by atoms with Crippen molar-refractivity contribution in [1.29, 1.82) is 0 Å². The minimum absolute atomic E-state index is 0.112. The van der Waals surface area contributed by atoms with Gasteiger partial charge in [-0.1, -0.05) is 13.8 Å². The summed E-state index contributed by atoms with van der Waals surface area (Å²) in [6.45, 7) is 8.24. The van der Waals surface area contributed by atoms with Gasteiger partial charge in [0.1, 0.15) is 5.60 Å². The van der Waals surface area contributed by atoms with Crippen LogP contribution in [0.2, 0.25) is 0 Å². The number of ether oxygens (including phenoxy) is 1. The van der Waals surface area contributed by atoms with Crippen LogP contribution in [0.3, 0.4) is 0 Å². The molecule has 20 heavy (non-hydrogen) atoms. The zero-order valence-corrected chi connectivity index (χ0v) is 14.0. The molecule has 0 aromatic heterocycles. The fraction of sp³-hybridized carbons (Fsp3) is 0.923. The molecule has 2 atom stereocenters. The molecule has 0 aromatic carbocycles. The van der Waals surface area contributed by atoms with Gasteiger partial charge < -0.3 is 10.1 Å². The van der Waals surface area contributed by atoms with E-state index in [0.717, 1.165) is 0 Å². The van der Waals surface area contributed by atoms with Crippen molar-refractivity contribution < 1.29 is 17.9 Å². The summed E-state index contributed by atoms with van der Waals surface area (Å²) in [5, 5.41) is 2.93. The molecule has 0 saturated carbocycles. The van der Waals surface area contributed by atoms with Crippen LogP contribution >= 0.6 is 0 Å². The second-order valence-electron chi connectivity index (χ2n) is 6.28. The molecule has 0 aromatic rings. The summed E-state index contributed by atoms with van der Waals surface area (Å²) in [6.07, 6.45) is 1.20. The Morgan fingerprint density at radius 3 is 2.30 bits per heavy atom. The number of carbonyl (C=O) groups excluding carboxylic acids is 1. The summed E-state index contributed by atoms with van der Waals surface area (Å²) >= 11 is 0. The van der Waals surface area contributed by atoms with Gasteiger partial charge in [-0.05, 0) is 25.7 Å². The Morgan fingerprint density at radius 2 is 1.90 bits per heavy atom. The van der Waals surface area contributed by atoms with Crippen LogP contribution in [0.5, 0.6) is 0 Å². The van der Waals surface area contributed by atoms with Crippen LogP contribution in [0.4, 0.5) is 0 Å². The summed E-state index contributed by atoms with van der Waals surface area (Å²) in [5.41, 5.74) is -0.917. The number of hydrogen-bond donors (Lipinski definition) is 1. The van der Waals surface area contributed by atoms with E-state index < -0.39 is 15.6 Å². The number of carbonyl (C=O) groups is 1. The highest BCUT2D eigenvalue weighted by atomic mass is 32.2. The molecule has 1 aliphatic rings. The zero-order valence-electron chi connectivity index (χ0n) is 13.1. The number of sulfonamides is 1. The Kier molecular flexibility index (Phi) is 5.21. The second kappa shape index (κ2) is 5.99. The van der Waals surface area contributed by atoms with Gasteiger partial charge >= 0.3 is 0 Å². The molecule has 1 saturated heterocycles. The third kappa shape index (κ3) is 3.93. The Hall–Kier alpha value is -0.660. The van der Waals surface area contributed by atoms with Crippen molar-refractivity contribution >= 4 is 15.9 Å². The largest absolute Gasteiger partial charge is 0.369 e. The topological polar surface area (TPSA) is 75.7 Å². The first-order chi connectivity index (χ1) is 8.99. The molecule has 0 spiro atoms. The van der Waals surface area contributed by atoms with E-state index in [2.05, 4.69) is 5.32 Å². The number of nitrogens with zero attached hydrogens (tertiary/aromatic N) is 1. The summed E-state index contributed by atoms with van der Waals surface area (Å²) < 4.78 is 29.9. The highest BCUT2D eigenvalue weighted by molar-refractivity contribution is 7.88. The number of amides is 1. The summed E-state index contributed by atoms with van der Waals surface area (Å²) in [7, 11) is -1.74. The highest BCUT2D eigenvalue weighted by Crippen LogP contribution is 2.26. The maximum atomic E-state index is 12.2. The van der Waals surface area contributed by atoms with Gasteiger partial charge in [0.25, 0.3) is 5.91 Å². The van der Waals surface area contributed by atoms with Crippen LogP contribution in [-0.2, 0) is 19.6 Å². The third-order valence-electron chi connectivity index (χ3n) is 4.03. The van der Waals surface area contributed by atoms with E-state index in [1.165, 1.54) is 17.7 Å². The normalized spacial score (nSPS) is 25.1. The van der Waals surface area contributed by atoms with Crippen molar-refractivity contribution in [3.8, 4) is 0 Å². The average molecular weight is 306 g/mol. The molecule has 1 aliphatic heterocycles. The van der Waals surface area contributed by atoms with Gasteiger partial charge in [0, 0.05) is 26.2 Å². The molecule has 1 fully saturated rings. The lowest BCUT2D eigenvalue weighted by molar-refractivity contribution is -0.140. The van der Waals surface area contributed by atoms with E-state index in [1.54, 1.807) is 13.8 Å². The molecule has 1 N–H and O–H groups in total. The molecule has 1 amide bonds. The lowest BCUT2D eigenvalue weighted by Crippen LogP contribution is -2.51. The van der Waals surface area contributed by atoms with Crippen LogP contribution in [-0.4, -0.2) is 56.7 Å². The lowest BCUT2D eigenvalue weighted by atomic mass is 9.91. The summed E-state index contributed by atoms with van der Waals surface area (Å²) in [5.74, 6) is 0.185. The Balaban J connectivity index is 2.85. The monoisotopic (exact) mass is 306 g/mol. The Morgan fingerprint density at radius 1 is 1.35 bits per heavy atom. The van der Waals surface area contributed by atoms with Crippen molar-refractivity contribution in [2.75, 3.05) is 26.5 Å². The fourth-order valence-corrected chi connectivity index (χ4v) is 3.20. The molecule has 1 rings (SSSR count). The molecule has 1 heterocycles. The maximum Gasteiger partial charge on any atom is 0.251 e. The number of nitrogens with one attached hydrogen (secondary N) is 1. The summed E-state index contributed by atoms with van der Waals surface area (Å²) in [6, 6.07) is -0.174. The van der Waals surface area contributed by atoms with Crippen LogP contribution in [0.1, 0.15) is 27.7 Å². The third-order valence-corrected chi connectivity index (χ3v) is 5.27. The van der Waals surface area contributed by atoms with Gasteiger partial charge in [-0.2, -0.15) is 4.31 Å². The van der Waals surface area contributed by atoms with Gasteiger partial charge in [-0.25, -0.2) is 8.42 Å². The van der Waals surface area contributed by atoms with E-state index in [-0.39, 0.29) is 23.8 Å². The molecular weight excluding hydrogens is 280 g/mol. The minimum atomic E-state index is -3.23. The molecule has 0 radical (unpaired) electrons. The quantitative estimate of drug-likeness (QED) is 0.800. The first kappa shape index (κ1) is 17.4. The first-order valence-electron chi connectivity index (χ1n) is 6.80. The average Bonchev–Trinajstić information content (AvgIpc) is 2.72. The van der Waals surface area contributed by atoms with E-state index in [0.29, 0.717) is 13.1 Å². The van der Waals surface area contributed by atoms with Gasteiger partial charge in [0.15, 0.2) is 0 Å². The number of hydrogen-bond acceptors (Lipinski definition) is 4. The highest BCUT2D eigenvalue weighted by Gasteiger charge is 2.41. The Labute approximate surface area is 121 Å². The van der Waals surface area contributed by atoms with Gasteiger partial charge in [-0.15, -0.1) is 0 Å². The van der Waals surface area contributed by atoms with Crippen LogP contribution in [0.15, 0.2) is 0 Å². The molecular formula is C13H26N2O4S. The molecule has 0 unspecified atom stereocenters.